The Labute approximate surface area is 86.2 Å². The zero-order chi connectivity index (χ0) is 11.6. The molecule has 0 aliphatic heterocycles. The Hall–Kier alpha value is -1.57. The lowest BCUT2D eigenvalue weighted by molar-refractivity contribution is -0.139. The minimum Gasteiger partial charge on any atom is -0.479 e. The highest BCUT2D eigenvalue weighted by Crippen LogP contribution is 2.22. The number of nitrogens with zero attached hydrogens (tertiary/aromatic N) is 2. The molecule has 0 unspecified atom stereocenters. The largest absolute Gasteiger partial charge is 0.479 e. The topological polar surface area (TPSA) is 98.5 Å². The average Bonchev–Trinajstić information content (AvgIpc) is 2.42. The highest BCUT2D eigenvalue weighted by atomic mass is 32.2. The predicted molar refractivity (Wildman–Crippen MR) is 49.4 cm³/mol. The summed E-state index contributed by atoms with van der Waals surface area (Å²) < 4.78 is 28.4. The van der Waals surface area contributed by atoms with Crippen molar-refractivity contribution in [2.75, 3.05) is 12.9 Å². The van der Waals surface area contributed by atoms with Crippen molar-refractivity contribution in [2.24, 2.45) is 7.05 Å². The molecular weight excluding hydrogens is 224 g/mol. The Bertz CT molecular complexity index is 476. The number of ether oxygens (including phenoxy) is 1. The molecule has 0 bridgehead atoms. The molecule has 1 N–H and O–H groups in total. The summed E-state index contributed by atoms with van der Waals surface area (Å²) in [6, 6.07) is 0. The lowest BCUT2D eigenvalue weighted by Gasteiger charge is -2.04. The number of rotatable bonds is 4. The van der Waals surface area contributed by atoms with E-state index in [0.29, 0.717) is 0 Å². The molecule has 0 spiro atoms. The Balaban J connectivity index is 3.05. The molecule has 0 aromatic carbocycles. The monoisotopic (exact) mass is 234 g/mol. The smallest absolute Gasteiger partial charge is 0.341 e. The zero-order valence-electron chi connectivity index (χ0n) is 8.17. The predicted octanol–water partition coefficient (Wildman–Crippen LogP) is -0.713. The van der Waals surface area contributed by atoms with E-state index in [-0.39, 0.29) is 10.8 Å². The molecule has 0 radical (unpaired) electrons. The van der Waals surface area contributed by atoms with E-state index >= 15 is 0 Å². The Morgan fingerprint density at radius 3 is 2.73 bits per heavy atom. The summed E-state index contributed by atoms with van der Waals surface area (Å²) in [6.45, 7) is -0.609. The van der Waals surface area contributed by atoms with Crippen LogP contribution >= 0.6 is 0 Å². The number of hydrogen-bond donors (Lipinski definition) is 1. The van der Waals surface area contributed by atoms with Crippen molar-refractivity contribution in [1.82, 2.24) is 9.78 Å². The van der Waals surface area contributed by atoms with Crippen LogP contribution in [0.3, 0.4) is 0 Å². The Morgan fingerprint density at radius 2 is 2.27 bits per heavy atom. The molecule has 84 valence electrons. The van der Waals surface area contributed by atoms with Crippen LogP contribution in [-0.4, -0.2) is 42.1 Å². The summed E-state index contributed by atoms with van der Waals surface area (Å²) in [7, 11) is -2.00. The summed E-state index contributed by atoms with van der Waals surface area (Å²) in [6.07, 6.45) is 2.12. The summed E-state index contributed by atoms with van der Waals surface area (Å²) in [5, 5.41) is 12.1. The van der Waals surface area contributed by atoms with Gasteiger partial charge in [0.15, 0.2) is 16.4 Å². The molecule has 1 aromatic heterocycles. The van der Waals surface area contributed by atoms with E-state index in [1.54, 1.807) is 0 Å². The molecule has 15 heavy (non-hydrogen) atoms. The maximum absolute atomic E-state index is 11.2. The summed E-state index contributed by atoms with van der Waals surface area (Å²) >= 11 is 0. The van der Waals surface area contributed by atoms with Gasteiger partial charge < -0.3 is 9.84 Å². The van der Waals surface area contributed by atoms with E-state index < -0.39 is 22.4 Å². The van der Waals surface area contributed by atoms with Gasteiger partial charge in [0.1, 0.15) is 4.90 Å². The number of sulfone groups is 1. The van der Waals surface area contributed by atoms with Crippen molar-refractivity contribution in [1.29, 1.82) is 0 Å². The number of aromatic nitrogens is 2. The van der Waals surface area contributed by atoms with Crippen LogP contribution in [0.2, 0.25) is 0 Å². The molecule has 1 rings (SSSR count). The van der Waals surface area contributed by atoms with Crippen LogP contribution in [0.1, 0.15) is 0 Å². The minimum atomic E-state index is -3.46. The van der Waals surface area contributed by atoms with Gasteiger partial charge in [-0.05, 0) is 0 Å². The highest BCUT2D eigenvalue weighted by Gasteiger charge is 2.19. The molecule has 0 saturated carbocycles. The normalized spacial score (nSPS) is 11.3. The van der Waals surface area contributed by atoms with E-state index in [4.69, 9.17) is 9.84 Å². The maximum atomic E-state index is 11.2. The molecule has 0 atom stereocenters. The number of hydrogen-bond acceptors (Lipinski definition) is 5. The van der Waals surface area contributed by atoms with Gasteiger partial charge in [-0.3, -0.25) is 0 Å². The van der Waals surface area contributed by atoms with Crippen LogP contribution in [0.25, 0.3) is 0 Å². The fourth-order valence-corrected chi connectivity index (χ4v) is 1.70. The van der Waals surface area contributed by atoms with Gasteiger partial charge in [-0.1, -0.05) is 0 Å². The molecule has 8 heteroatoms. The molecular formula is C7H10N2O5S. The molecule has 1 aromatic rings. The average molecular weight is 234 g/mol. The van der Waals surface area contributed by atoms with Crippen LogP contribution in [0.15, 0.2) is 11.1 Å². The van der Waals surface area contributed by atoms with E-state index in [1.807, 2.05) is 0 Å². The highest BCUT2D eigenvalue weighted by molar-refractivity contribution is 7.90. The van der Waals surface area contributed by atoms with Crippen molar-refractivity contribution in [3.8, 4) is 5.88 Å². The molecule has 1 heterocycles. The first-order valence-corrected chi connectivity index (χ1v) is 5.78. The molecule has 7 nitrogen and oxygen atoms in total. The maximum Gasteiger partial charge on any atom is 0.341 e. The van der Waals surface area contributed by atoms with Crippen molar-refractivity contribution in [3.05, 3.63) is 6.20 Å². The lowest BCUT2D eigenvalue weighted by atomic mass is 10.6. The van der Waals surface area contributed by atoms with Crippen molar-refractivity contribution >= 4 is 15.8 Å². The Kier molecular flexibility index (Phi) is 2.98. The van der Waals surface area contributed by atoms with Gasteiger partial charge in [-0.15, -0.1) is 0 Å². The number of aliphatic carboxylic acids is 1. The summed E-state index contributed by atoms with van der Waals surface area (Å²) in [5.74, 6) is -1.25. The van der Waals surface area contributed by atoms with Gasteiger partial charge in [-0.2, -0.15) is 5.10 Å². The lowest BCUT2D eigenvalue weighted by Crippen LogP contribution is -2.13. The standard InChI is InChI=1S/C7H10N2O5S/c1-9-7(14-4-6(10)11)5(3-8-9)15(2,12)13/h3H,4H2,1-2H3,(H,10,11). The summed E-state index contributed by atoms with van der Waals surface area (Å²) in [5.41, 5.74) is 0. The van der Waals surface area contributed by atoms with E-state index in [2.05, 4.69) is 5.10 Å². The number of carbonyl (C=O) groups is 1. The Morgan fingerprint density at radius 1 is 1.67 bits per heavy atom. The first kappa shape index (κ1) is 11.5. The molecule has 0 amide bonds. The number of aryl methyl sites for hydroxylation is 1. The second kappa shape index (κ2) is 3.89. The number of carboxylic acids is 1. The van der Waals surface area contributed by atoms with Crippen LogP contribution in [0.4, 0.5) is 0 Å². The minimum absolute atomic E-state index is 0.0695. The van der Waals surface area contributed by atoms with Crippen molar-refractivity contribution < 1.29 is 23.1 Å². The van der Waals surface area contributed by atoms with E-state index in [1.165, 1.54) is 11.7 Å². The fourth-order valence-electron chi connectivity index (χ4n) is 0.955. The van der Waals surface area contributed by atoms with Gasteiger partial charge in [0.25, 0.3) is 0 Å². The van der Waals surface area contributed by atoms with E-state index in [0.717, 1.165) is 12.5 Å². The summed E-state index contributed by atoms with van der Waals surface area (Å²) in [4.78, 5) is 10.1. The molecule has 0 fully saturated rings. The molecule has 0 aliphatic carbocycles. The van der Waals surface area contributed by atoms with Crippen LogP contribution in [0.5, 0.6) is 5.88 Å². The van der Waals surface area contributed by atoms with Gasteiger partial charge in [0, 0.05) is 13.3 Å². The third kappa shape index (κ3) is 2.69. The van der Waals surface area contributed by atoms with Crippen molar-refractivity contribution in [2.45, 2.75) is 4.90 Å². The first-order valence-electron chi connectivity index (χ1n) is 3.89. The van der Waals surface area contributed by atoms with Crippen LogP contribution in [0, 0.1) is 0 Å². The first-order chi connectivity index (χ1) is 6.82. The zero-order valence-corrected chi connectivity index (χ0v) is 8.98. The fraction of sp³-hybridized carbons (Fsp3) is 0.429. The second-order valence-electron chi connectivity index (χ2n) is 2.89. The second-order valence-corrected chi connectivity index (χ2v) is 4.88. The third-order valence-corrected chi connectivity index (χ3v) is 2.66. The number of carboxylic acid groups (broad SMARTS) is 1. The van der Waals surface area contributed by atoms with Gasteiger partial charge in [0.05, 0.1) is 6.20 Å². The molecule has 0 saturated heterocycles. The van der Waals surface area contributed by atoms with Gasteiger partial charge in [0.2, 0.25) is 5.88 Å². The van der Waals surface area contributed by atoms with Crippen LogP contribution < -0.4 is 4.74 Å². The van der Waals surface area contributed by atoms with Gasteiger partial charge >= 0.3 is 5.97 Å². The quantitative estimate of drug-likeness (QED) is 0.738. The van der Waals surface area contributed by atoms with Crippen molar-refractivity contribution in [3.63, 3.8) is 0 Å². The van der Waals surface area contributed by atoms with Gasteiger partial charge in [-0.25, -0.2) is 17.9 Å². The SMILES string of the molecule is Cn1ncc(S(C)(=O)=O)c1OCC(=O)O. The van der Waals surface area contributed by atoms with E-state index in [9.17, 15) is 13.2 Å². The van der Waals surface area contributed by atoms with Crippen LogP contribution in [-0.2, 0) is 21.7 Å². The third-order valence-electron chi connectivity index (χ3n) is 1.58. The molecule has 0 aliphatic rings.